The van der Waals surface area contributed by atoms with Gasteiger partial charge in [0.15, 0.2) is 0 Å². The Balaban J connectivity index is 0.000000112. The minimum Gasteiger partial charge on any atom is -0.456 e. The normalized spacial score (nSPS) is 11.6. The molecule has 2 nitrogen and oxygen atoms in total. The van der Waals surface area contributed by atoms with Crippen LogP contribution in [0.15, 0.2) is 356 Å². The van der Waals surface area contributed by atoms with E-state index in [1.54, 1.807) is 11.3 Å². The van der Waals surface area contributed by atoms with Gasteiger partial charge >= 0.3 is 0 Å². The number of hydrogen-bond donors (Lipinski definition) is 0. The summed E-state index contributed by atoms with van der Waals surface area (Å²) in [7, 11) is -1.06. The molecule has 108 heavy (non-hydrogen) atoms. The van der Waals surface area contributed by atoms with E-state index in [4.69, 9.17) is 4.42 Å². The summed E-state index contributed by atoms with van der Waals surface area (Å²) in [5.41, 5.74) is 26.7. The van der Waals surface area contributed by atoms with Crippen molar-refractivity contribution in [2.24, 2.45) is 0 Å². The second-order valence-corrected chi connectivity index (χ2v) is 35.9. The molecule has 0 fully saturated rings. The molecule has 3 heterocycles. The van der Waals surface area contributed by atoms with Gasteiger partial charge in [0.25, 0.3) is 0 Å². The smallest absolute Gasteiger partial charge is 0.135 e. The first-order valence-corrected chi connectivity index (χ1v) is 41.7. The second kappa shape index (κ2) is 33.4. The average Bonchev–Trinajstić information content (AvgIpc) is 1.59. The maximum absolute atomic E-state index is 14.2. The molecule has 19 rings (SSSR count). The zero-order chi connectivity index (χ0) is 75.5. The fraction of sp³-hybridized carbons (Fsp3) is 0.126. The Kier molecular flexibility index (Phi) is 23.0. The molecule has 3 aromatic heterocycles. The van der Waals surface area contributed by atoms with Gasteiger partial charge in [0.1, 0.15) is 17.0 Å². The predicted octanol–water partition coefficient (Wildman–Crippen LogP) is 29.3. The monoisotopic (exact) mass is 1440 g/mol. The Bertz CT molecular complexity index is 5970. The van der Waals surface area contributed by atoms with Crippen LogP contribution in [0.5, 0.6) is 0 Å². The highest BCUT2D eigenvalue weighted by atomic mass is 32.1. The summed E-state index contributed by atoms with van der Waals surface area (Å²) in [6, 6.07) is 122. The molecule has 0 radical (unpaired) electrons. The number of furan rings is 1. The maximum atomic E-state index is 14.2. The minimum atomic E-state index is -1.06. The topological polar surface area (TPSA) is 18.1 Å². The third-order valence-electron chi connectivity index (χ3n) is 20.3. The number of thiophene rings is 1. The number of aromatic nitrogens is 1. The van der Waals surface area contributed by atoms with E-state index in [1.807, 2.05) is 103 Å². The number of halogens is 1. The van der Waals surface area contributed by atoms with Crippen molar-refractivity contribution < 1.29 is 8.81 Å². The van der Waals surface area contributed by atoms with E-state index in [9.17, 15) is 4.39 Å². The van der Waals surface area contributed by atoms with Crippen molar-refractivity contribution in [3.05, 3.63) is 408 Å². The van der Waals surface area contributed by atoms with Gasteiger partial charge in [-0.3, -0.25) is 0 Å². The predicted molar refractivity (Wildman–Crippen MR) is 470 cm³/mol. The molecule has 0 saturated carbocycles. The largest absolute Gasteiger partial charge is 0.456 e. The number of rotatable bonds is 5. The highest BCUT2D eigenvalue weighted by molar-refractivity contribution is 7.25. The number of aryl methyl sites for hydroxylation is 6. The van der Waals surface area contributed by atoms with Crippen molar-refractivity contribution in [2.45, 2.75) is 87.4 Å². The van der Waals surface area contributed by atoms with Gasteiger partial charge in [0, 0.05) is 52.8 Å². The summed E-state index contributed by atoms with van der Waals surface area (Å²) in [6.45, 7) is 26.4. The van der Waals surface area contributed by atoms with Crippen LogP contribution in [0.25, 0.3) is 114 Å². The van der Waals surface area contributed by atoms with Crippen molar-refractivity contribution in [3.8, 4) is 50.2 Å². The van der Waals surface area contributed by atoms with E-state index >= 15 is 0 Å². The Hall–Kier alpha value is -11.7. The number of para-hydroxylation sites is 3. The van der Waals surface area contributed by atoms with Crippen LogP contribution in [-0.2, 0) is 5.41 Å². The summed E-state index contributed by atoms with van der Waals surface area (Å²) in [5.74, 6) is -0.162. The Labute approximate surface area is 642 Å². The number of benzene rings is 15. The minimum absolute atomic E-state index is 0.151. The second-order valence-electron chi connectivity index (χ2n) is 29.8. The van der Waals surface area contributed by atoms with Gasteiger partial charge in [-0.2, -0.15) is 0 Å². The zero-order valence-corrected chi connectivity index (χ0v) is 65.9. The first kappa shape index (κ1) is 74.5. The maximum Gasteiger partial charge on any atom is 0.135 e. The molecule has 5 heteroatoms. The highest BCUT2D eigenvalue weighted by Crippen LogP contribution is 2.49. The van der Waals surface area contributed by atoms with Crippen LogP contribution in [0.1, 0.15) is 63.9 Å². The molecule has 534 valence electrons. The molecule has 0 atom stereocenters. The van der Waals surface area contributed by atoms with Crippen molar-refractivity contribution in [2.75, 3.05) is 0 Å². The van der Waals surface area contributed by atoms with Crippen LogP contribution in [0.2, 0.25) is 19.6 Å². The number of hydrogen-bond acceptors (Lipinski definition) is 2. The third kappa shape index (κ3) is 17.1. The van der Waals surface area contributed by atoms with Gasteiger partial charge in [0.2, 0.25) is 0 Å². The fourth-order valence-electron chi connectivity index (χ4n) is 14.4. The Morgan fingerprint density at radius 2 is 0.787 bits per heavy atom. The van der Waals surface area contributed by atoms with E-state index < -0.39 is 8.07 Å². The van der Waals surface area contributed by atoms with Crippen LogP contribution >= 0.6 is 11.3 Å². The van der Waals surface area contributed by atoms with Gasteiger partial charge in [-0.15, -0.1) is 11.3 Å². The van der Waals surface area contributed by atoms with Crippen LogP contribution in [0.3, 0.4) is 0 Å². The van der Waals surface area contributed by atoms with E-state index in [0.29, 0.717) is 5.56 Å². The first-order chi connectivity index (χ1) is 52.3. The van der Waals surface area contributed by atoms with Crippen LogP contribution in [0, 0.1) is 54.3 Å². The van der Waals surface area contributed by atoms with Crippen LogP contribution < -0.4 is 5.19 Å². The lowest BCUT2D eigenvalue weighted by Gasteiger charge is -2.21. The Morgan fingerprint density at radius 1 is 0.315 bits per heavy atom. The molecule has 0 unspecified atom stereocenters. The third-order valence-corrected chi connectivity index (χ3v) is 23.5. The SMILES string of the molecule is Cc1c(F)cc(-c2ccccc2)cc1-c1ccccc1.Cc1ccc([Si](C)(C)C)cc1.Cc1ccc2c(c1)C(C)(C)c1ccccc1-2.Cc1ccc2c(c1)c1ccccc1n2-c1ccccc1.Cc1ccc2c(c1)oc1ccccc12.Cc1ccc2c(c1)sc1ccccc12.Cc1ccccc1-c1ccccc1. The van der Waals surface area contributed by atoms with E-state index in [2.05, 4.69) is 340 Å². The van der Waals surface area contributed by atoms with E-state index in [-0.39, 0.29) is 11.2 Å². The van der Waals surface area contributed by atoms with Gasteiger partial charge in [-0.05, 0) is 193 Å². The van der Waals surface area contributed by atoms with Crippen LogP contribution in [0.4, 0.5) is 4.39 Å². The number of nitrogens with zero attached hydrogens (tertiary/aromatic N) is 1. The molecule has 18 aromatic rings. The zero-order valence-electron chi connectivity index (χ0n) is 64.1. The summed E-state index contributed by atoms with van der Waals surface area (Å²) >= 11 is 1.88. The molecule has 0 spiro atoms. The van der Waals surface area contributed by atoms with E-state index in [0.717, 1.165) is 33.4 Å². The molecule has 0 amide bonds. The molecule has 0 aliphatic heterocycles. The van der Waals surface area contributed by atoms with Crippen molar-refractivity contribution >= 4 is 88.5 Å². The molecule has 1 aliphatic carbocycles. The van der Waals surface area contributed by atoms with Gasteiger partial charge in [-0.1, -0.05) is 340 Å². The molecule has 15 aromatic carbocycles. The first-order valence-electron chi connectivity index (χ1n) is 37.4. The van der Waals surface area contributed by atoms with Gasteiger partial charge < -0.3 is 8.98 Å². The summed E-state index contributed by atoms with van der Waals surface area (Å²) < 4.78 is 25.1. The molecule has 1 aliphatic rings. The molecule has 0 saturated heterocycles. The lowest BCUT2D eigenvalue weighted by atomic mass is 9.82. The lowest BCUT2D eigenvalue weighted by molar-refractivity contribution is 0.619. The van der Waals surface area contributed by atoms with Gasteiger partial charge in [-0.25, -0.2) is 4.39 Å². The molecule has 0 bridgehead atoms. The highest BCUT2D eigenvalue weighted by Gasteiger charge is 2.35. The number of fused-ring (bicyclic) bond motifs is 12. The van der Waals surface area contributed by atoms with Crippen LogP contribution in [-0.4, -0.2) is 12.6 Å². The molecule has 0 N–H and O–H groups in total. The molecular weight excluding hydrogens is 1350 g/mol. The fourth-order valence-corrected chi connectivity index (χ4v) is 16.8. The van der Waals surface area contributed by atoms with Crippen molar-refractivity contribution in [1.82, 2.24) is 4.57 Å². The summed E-state index contributed by atoms with van der Waals surface area (Å²) in [5, 5.41) is 9.35. The molecular formula is C103H94FNOSSi. The lowest BCUT2D eigenvalue weighted by Crippen LogP contribution is -2.37. The average molecular weight is 1440 g/mol. The quantitative estimate of drug-likeness (QED) is 0.157. The van der Waals surface area contributed by atoms with E-state index in [1.165, 1.54) is 125 Å². The standard InChI is InChI=1S/C19H15F.C19H15N.C16H16.C13H10O.C13H10S.C13H12.C10H16Si/c1-14-18(16-10-6-3-7-11-16)12-17(13-19(14)20)15-8-4-2-5-9-15;1-14-11-12-19-17(13-14)16-9-5-6-10-18(16)20(19)15-7-3-2-4-8-15;1-11-8-9-13-12-6-4-5-7-14(12)16(2,3)15(13)10-11;2*1-9-6-7-11-10-4-2-3-5-12(10)14-13(11)8-9;1-11-7-5-6-10-13(11)12-8-3-2-4-9-12;1-9-5-7-10(8-6-9)11(2,3)4/h2*2-13H,1H3;4-10H,1-3H3;2*2-8H,1H3;2-10H,1H3;5-8H,1-4H3. The summed E-state index contributed by atoms with van der Waals surface area (Å²) in [6.07, 6.45) is 0. The Morgan fingerprint density at radius 3 is 1.46 bits per heavy atom. The van der Waals surface area contributed by atoms with Gasteiger partial charge in [0.05, 0.1) is 19.1 Å². The van der Waals surface area contributed by atoms with Crippen molar-refractivity contribution in [3.63, 3.8) is 0 Å². The van der Waals surface area contributed by atoms with Crippen molar-refractivity contribution in [1.29, 1.82) is 0 Å². The summed E-state index contributed by atoms with van der Waals surface area (Å²) in [4.78, 5) is 0.